The van der Waals surface area contributed by atoms with Crippen molar-refractivity contribution in [2.24, 2.45) is 0 Å². The molecule has 0 radical (unpaired) electrons. The summed E-state index contributed by atoms with van der Waals surface area (Å²) in [5.41, 5.74) is 1.28. The third-order valence-corrected chi connectivity index (χ3v) is 5.87. The fourth-order valence-corrected chi connectivity index (χ4v) is 4.40. The number of thiophene rings is 1. The first-order valence-electron chi connectivity index (χ1n) is 8.79. The number of carbonyl (C=O) groups excluding carboxylic acids is 1. The lowest BCUT2D eigenvalue weighted by Gasteiger charge is -2.30. The van der Waals surface area contributed by atoms with Crippen molar-refractivity contribution >= 4 is 52.1 Å². The topological polar surface area (TPSA) is 98.1 Å². The number of benzene rings is 2. The quantitative estimate of drug-likeness (QED) is 0.479. The highest BCUT2D eigenvalue weighted by Crippen LogP contribution is 2.36. The van der Waals surface area contributed by atoms with Crippen molar-refractivity contribution < 1.29 is 24.9 Å². The Balaban J connectivity index is 2.23. The maximum Gasteiger partial charge on any atom is 0.348 e. The molecule has 9 heteroatoms. The van der Waals surface area contributed by atoms with Gasteiger partial charge in [0.1, 0.15) is 4.88 Å². The minimum Gasteiger partial charge on any atom is -0.477 e. The number of anilines is 1. The summed E-state index contributed by atoms with van der Waals surface area (Å²) >= 11 is 13.5. The number of hydrogen-bond acceptors (Lipinski definition) is 5. The summed E-state index contributed by atoms with van der Waals surface area (Å²) in [6, 6.07) is 12.4. The minimum atomic E-state index is -1.22. The Kier molecular flexibility index (Phi) is 7.12. The largest absolute Gasteiger partial charge is 0.477 e. The first-order chi connectivity index (χ1) is 14.4. The molecule has 0 saturated carbocycles. The van der Waals surface area contributed by atoms with E-state index in [0.29, 0.717) is 16.1 Å². The number of aromatic carboxylic acids is 1. The van der Waals surface area contributed by atoms with Crippen LogP contribution in [-0.4, -0.2) is 46.5 Å². The smallest absolute Gasteiger partial charge is 0.348 e. The van der Waals surface area contributed by atoms with Crippen molar-refractivity contribution in [3.63, 3.8) is 0 Å². The van der Waals surface area contributed by atoms with Crippen LogP contribution in [-0.2, 0) is 0 Å². The number of nitrogens with zero attached hydrogens (tertiary/aromatic N) is 1. The van der Waals surface area contributed by atoms with Gasteiger partial charge in [0, 0.05) is 5.02 Å². The Labute approximate surface area is 186 Å². The fraction of sp³-hybridized carbons (Fsp3) is 0.143. The average molecular weight is 466 g/mol. The van der Waals surface area contributed by atoms with Gasteiger partial charge in [0.2, 0.25) is 0 Å². The van der Waals surface area contributed by atoms with Gasteiger partial charge < -0.3 is 15.3 Å². The number of carboxylic acids is 1. The molecule has 0 bridgehead atoms. The predicted octanol–water partition coefficient (Wildman–Crippen LogP) is 4.42. The molecule has 6 nitrogen and oxygen atoms in total. The van der Waals surface area contributed by atoms with E-state index in [1.54, 1.807) is 30.3 Å². The first-order valence-corrected chi connectivity index (χ1v) is 10.4. The lowest BCUT2D eigenvalue weighted by Crippen LogP contribution is -2.45. The number of carbonyl (C=O) groups is 2. The summed E-state index contributed by atoms with van der Waals surface area (Å²) in [5, 5.41) is 31.0. The van der Waals surface area contributed by atoms with Crippen LogP contribution in [0.3, 0.4) is 0 Å². The molecule has 1 amide bonds. The van der Waals surface area contributed by atoms with Crippen molar-refractivity contribution in [2.45, 2.75) is 6.04 Å². The molecule has 0 aliphatic rings. The van der Waals surface area contributed by atoms with Crippen molar-refractivity contribution in [1.82, 2.24) is 0 Å². The van der Waals surface area contributed by atoms with Gasteiger partial charge in [-0.2, -0.15) is 0 Å². The molecule has 1 aromatic heterocycles. The van der Waals surface area contributed by atoms with Crippen LogP contribution in [0.25, 0.3) is 11.1 Å². The second-order valence-electron chi connectivity index (χ2n) is 6.31. The molecule has 1 heterocycles. The minimum absolute atomic E-state index is 0.0654. The molecule has 3 aromatic rings. The van der Waals surface area contributed by atoms with E-state index in [9.17, 15) is 24.9 Å². The van der Waals surface area contributed by atoms with Crippen LogP contribution in [0.2, 0.25) is 10.0 Å². The molecule has 0 spiro atoms. The number of rotatable bonds is 7. The predicted molar refractivity (Wildman–Crippen MR) is 118 cm³/mol. The van der Waals surface area contributed by atoms with Crippen molar-refractivity contribution in [1.29, 1.82) is 0 Å². The highest BCUT2D eigenvalue weighted by atomic mass is 35.5. The normalized spacial score (nSPS) is 11.0. The molecule has 0 atom stereocenters. The third-order valence-electron chi connectivity index (χ3n) is 4.46. The van der Waals surface area contributed by atoms with Crippen LogP contribution in [0, 0.1) is 0 Å². The van der Waals surface area contributed by atoms with E-state index in [0.717, 1.165) is 16.2 Å². The van der Waals surface area contributed by atoms with E-state index in [1.807, 2.05) is 6.07 Å². The van der Waals surface area contributed by atoms with Crippen LogP contribution < -0.4 is 4.90 Å². The lowest BCUT2D eigenvalue weighted by molar-refractivity contribution is 0.0702. The zero-order valence-electron chi connectivity index (χ0n) is 15.5. The summed E-state index contributed by atoms with van der Waals surface area (Å²) < 4.78 is 0. The van der Waals surface area contributed by atoms with E-state index in [4.69, 9.17) is 23.2 Å². The summed E-state index contributed by atoms with van der Waals surface area (Å²) in [6.45, 7) is -1.16. The molecule has 3 N–H and O–H groups in total. The average Bonchev–Trinajstić information content (AvgIpc) is 3.21. The number of amides is 1. The Morgan fingerprint density at radius 1 is 1.03 bits per heavy atom. The monoisotopic (exact) mass is 465 g/mol. The van der Waals surface area contributed by atoms with Gasteiger partial charge in [0.05, 0.1) is 35.5 Å². The van der Waals surface area contributed by atoms with Crippen LogP contribution in [0.4, 0.5) is 5.69 Å². The van der Waals surface area contributed by atoms with Gasteiger partial charge in [-0.1, -0.05) is 53.5 Å². The standard InChI is InChI=1S/C21H17Cl2NO5S/c22-13-8-15(12-4-2-1-3-5-12)18(16(23)9-13)20(27)24(14(10-25)11-26)17-6-7-30-19(17)21(28)29/h1-9,14,25-26H,10-11H2,(H,28,29). The second-order valence-corrected chi connectivity index (χ2v) is 8.07. The highest BCUT2D eigenvalue weighted by molar-refractivity contribution is 7.12. The highest BCUT2D eigenvalue weighted by Gasteiger charge is 2.32. The molecule has 0 aliphatic carbocycles. The first kappa shape index (κ1) is 22.3. The van der Waals surface area contributed by atoms with Gasteiger partial charge >= 0.3 is 5.97 Å². The zero-order chi connectivity index (χ0) is 21.8. The van der Waals surface area contributed by atoms with Crippen LogP contribution >= 0.6 is 34.5 Å². The zero-order valence-corrected chi connectivity index (χ0v) is 17.8. The summed E-state index contributed by atoms with van der Waals surface area (Å²) in [4.78, 5) is 26.3. The number of hydrogen-bond donors (Lipinski definition) is 3. The van der Waals surface area contributed by atoms with Crippen molar-refractivity contribution in [3.05, 3.63) is 74.4 Å². The summed E-state index contributed by atoms with van der Waals surface area (Å²) in [5.74, 6) is -1.89. The molecule has 3 rings (SSSR count). The Bertz CT molecular complexity index is 1070. The Morgan fingerprint density at radius 3 is 2.30 bits per heavy atom. The van der Waals surface area contributed by atoms with E-state index in [1.165, 1.54) is 17.5 Å². The van der Waals surface area contributed by atoms with Crippen LogP contribution in [0.1, 0.15) is 20.0 Å². The SMILES string of the molecule is O=C(O)c1sccc1N(C(=O)c1c(Cl)cc(Cl)cc1-c1ccccc1)C(CO)CO. The molecular weight excluding hydrogens is 449 g/mol. The maximum atomic E-state index is 13.7. The van der Waals surface area contributed by atoms with Gasteiger partial charge in [0.15, 0.2) is 0 Å². The molecule has 2 aromatic carbocycles. The number of halogens is 2. The Morgan fingerprint density at radius 2 is 1.70 bits per heavy atom. The molecule has 0 fully saturated rings. The van der Waals surface area contributed by atoms with Gasteiger partial charge in [-0.3, -0.25) is 9.69 Å². The van der Waals surface area contributed by atoms with E-state index >= 15 is 0 Å². The second kappa shape index (κ2) is 9.59. The van der Waals surface area contributed by atoms with Gasteiger partial charge in [-0.25, -0.2) is 4.79 Å². The summed E-state index contributed by atoms with van der Waals surface area (Å²) in [6.07, 6.45) is 0. The molecule has 0 aliphatic heterocycles. The molecular formula is C21H17Cl2NO5S. The summed E-state index contributed by atoms with van der Waals surface area (Å²) in [7, 11) is 0. The molecule has 30 heavy (non-hydrogen) atoms. The fourth-order valence-electron chi connectivity index (χ4n) is 3.10. The third kappa shape index (κ3) is 4.35. The molecule has 156 valence electrons. The lowest BCUT2D eigenvalue weighted by atomic mass is 9.98. The van der Waals surface area contributed by atoms with E-state index < -0.39 is 31.1 Å². The van der Waals surface area contributed by atoms with Gasteiger partial charge in [-0.05, 0) is 34.7 Å². The molecule has 0 saturated heterocycles. The van der Waals surface area contributed by atoms with E-state index in [2.05, 4.69) is 0 Å². The van der Waals surface area contributed by atoms with Crippen molar-refractivity contribution in [2.75, 3.05) is 18.1 Å². The maximum absolute atomic E-state index is 13.7. The van der Waals surface area contributed by atoms with Crippen molar-refractivity contribution in [3.8, 4) is 11.1 Å². The van der Waals surface area contributed by atoms with E-state index in [-0.39, 0.29) is 21.2 Å². The number of aliphatic hydroxyl groups is 2. The van der Waals surface area contributed by atoms with Gasteiger partial charge in [0.25, 0.3) is 5.91 Å². The number of aliphatic hydroxyl groups excluding tert-OH is 2. The molecule has 0 unspecified atom stereocenters. The van der Waals surface area contributed by atoms with Crippen LogP contribution in [0.5, 0.6) is 0 Å². The van der Waals surface area contributed by atoms with Crippen LogP contribution in [0.15, 0.2) is 53.9 Å². The number of carboxylic acid groups (broad SMARTS) is 1. The Hall–Kier alpha value is -2.42. The van der Waals surface area contributed by atoms with Gasteiger partial charge in [-0.15, -0.1) is 11.3 Å².